The number of pyridine rings is 1. The number of hydrogen-bond donors (Lipinski definition) is 3. The molecule has 94 valence electrons. The van der Waals surface area contributed by atoms with Crippen molar-refractivity contribution >= 4 is 11.8 Å². The molecule has 2 unspecified atom stereocenters. The van der Waals surface area contributed by atoms with Crippen molar-refractivity contribution in [2.45, 2.75) is 18.6 Å². The highest BCUT2D eigenvalue weighted by Gasteiger charge is 2.21. The molecule has 17 heavy (non-hydrogen) atoms. The monoisotopic (exact) mass is 240 g/mol. The van der Waals surface area contributed by atoms with E-state index in [9.17, 15) is 15.0 Å². The Morgan fingerprint density at radius 2 is 2.06 bits per heavy atom. The molecule has 0 bridgehead atoms. The molecule has 2 atom stereocenters. The quantitative estimate of drug-likeness (QED) is 0.671. The van der Waals surface area contributed by atoms with E-state index in [1.165, 1.54) is 6.20 Å². The van der Waals surface area contributed by atoms with Crippen molar-refractivity contribution < 1.29 is 20.1 Å². The Labute approximate surface area is 99.1 Å². The molecule has 0 saturated heterocycles. The van der Waals surface area contributed by atoms with Crippen LogP contribution in [0.1, 0.15) is 18.1 Å². The predicted octanol–water partition coefficient (Wildman–Crippen LogP) is 0.0166. The molecule has 0 aromatic carbocycles. The minimum Gasteiger partial charge on any atom is -0.481 e. The van der Waals surface area contributed by atoms with E-state index in [1.807, 2.05) is 14.1 Å². The maximum Gasteiger partial charge on any atom is 0.306 e. The molecule has 1 heterocycles. The average molecular weight is 240 g/mol. The van der Waals surface area contributed by atoms with Gasteiger partial charge in [-0.05, 0) is 6.07 Å². The van der Waals surface area contributed by atoms with Crippen LogP contribution in [0, 0.1) is 0 Å². The summed E-state index contributed by atoms with van der Waals surface area (Å²) in [5.41, 5.74) is 0.393. The lowest BCUT2D eigenvalue weighted by Gasteiger charge is -2.17. The number of carboxylic acids is 1. The SMILES string of the molecule is CN(C)c1ccc(C(O)C(O)CC(=O)O)cn1. The van der Waals surface area contributed by atoms with Crippen LogP contribution in [-0.2, 0) is 4.79 Å². The molecule has 0 aliphatic rings. The van der Waals surface area contributed by atoms with Crippen LogP contribution in [0.25, 0.3) is 0 Å². The van der Waals surface area contributed by atoms with Crippen LogP contribution in [0.2, 0.25) is 0 Å². The first-order chi connectivity index (χ1) is 7.91. The highest BCUT2D eigenvalue weighted by molar-refractivity contribution is 5.67. The summed E-state index contributed by atoms with van der Waals surface area (Å²) in [5, 5.41) is 27.7. The Kier molecular flexibility index (Phi) is 4.42. The number of nitrogens with zero attached hydrogens (tertiary/aromatic N) is 2. The molecule has 0 fully saturated rings. The molecular formula is C11H16N2O4. The normalized spacial score (nSPS) is 14.1. The number of hydrogen-bond acceptors (Lipinski definition) is 5. The maximum atomic E-state index is 10.4. The van der Waals surface area contributed by atoms with Gasteiger partial charge in [-0.15, -0.1) is 0 Å². The number of anilines is 1. The van der Waals surface area contributed by atoms with E-state index in [0.29, 0.717) is 11.4 Å². The van der Waals surface area contributed by atoms with Gasteiger partial charge < -0.3 is 20.2 Å². The first-order valence-corrected chi connectivity index (χ1v) is 5.13. The van der Waals surface area contributed by atoms with Crippen molar-refractivity contribution in [1.29, 1.82) is 0 Å². The van der Waals surface area contributed by atoms with Crippen molar-refractivity contribution in [3.8, 4) is 0 Å². The number of aliphatic hydroxyl groups excluding tert-OH is 2. The van der Waals surface area contributed by atoms with Gasteiger partial charge in [-0.3, -0.25) is 4.79 Å². The van der Waals surface area contributed by atoms with E-state index in [-0.39, 0.29) is 0 Å². The first kappa shape index (κ1) is 13.4. The molecular weight excluding hydrogens is 224 g/mol. The van der Waals surface area contributed by atoms with E-state index >= 15 is 0 Å². The zero-order chi connectivity index (χ0) is 13.0. The van der Waals surface area contributed by atoms with E-state index in [2.05, 4.69) is 4.98 Å². The third-order valence-electron chi connectivity index (χ3n) is 2.32. The van der Waals surface area contributed by atoms with Gasteiger partial charge in [-0.2, -0.15) is 0 Å². The number of rotatable bonds is 5. The second-order valence-electron chi connectivity index (χ2n) is 3.95. The van der Waals surface area contributed by atoms with Crippen molar-refractivity contribution in [1.82, 2.24) is 4.98 Å². The molecule has 0 spiro atoms. The van der Waals surface area contributed by atoms with Crippen molar-refractivity contribution in [2.75, 3.05) is 19.0 Å². The van der Waals surface area contributed by atoms with Crippen molar-refractivity contribution in [3.63, 3.8) is 0 Å². The van der Waals surface area contributed by atoms with E-state index in [4.69, 9.17) is 5.11 Å². The van der Waals surface area contributed by atoms with Crippen LogP contribution in [0.3, 0.4) is 0 Å². The van der Waals surface area contributed by atoms with Gasteiger partial charge in [-0.25, -0.2) is 4.98 Å². The van der Waals surface area contributed by atoms with Crippen LogP contribution >= 0.6 is 0 Å². The molecule has 6 nitrogen and oxygen atoms in total. The highest BCUT2D eigenvalue weighted by Crippen LogP contribution is 2.19. The summed E-state index contributed by atoms with van der Waals surface area (Å²) in [7, 11) is 3.66. The fraction of sp³-hybridized carbons (Fsp3) is 0.455. The minimum absolute atomic E-state index is 0.393. The van der Waals surface area contributed by atoms with E-state index in [0.717, 1.165) is 0 Å². The summed E-state index contributed by atoms with van der Waals surface area (Å²) in [5.74, 6) is -0.442. The molecule has 0 aliphatic carbocycles. The van der Waals surface area contributed by atoms with E-state index < -0.39 is 24.6 Å². The van der Waals surface area contributed by atoms with Crippen molar-refractivity contribution in [2.24, 2.45) is 0 Å². The molecule has 0 saturated carbocycles. The van der Waals surface area contributed by atoms with E-state index in [1.54, 1.807) is 17.0 Å². The second kappa shape index (κ2) is 5.60. The molecule has 6 heteroatoms. The topological polar surface area (TPSA) is 93.9 Å². The Balaban J connectivity index is 2.75. The molecule has 1 aromatic rings. The van der Waals surface area contributed by atoms with Gasteiger partial charge in [0.15, 0.2) is 0 Å². The Morgan fingerprint density at radius 3 is 2.47 bits per heavy atom. The molecule has 3 N–H and O–H groups in total. The fourth-order valence-corrected chi connectivity index (χ4v) is 1.35. The smallest absolute Gasteiger partial charge is 0.306 e. The minimum atomic E-state index is -1.33. The average Bonchev–Trinajstić information content (AvgIpc) is 2.27. The van der Waals surface area contributed by atoms with Gasteiger partial charge in [0.2, 0.25) is 0 Å². The number of aliphatic carboxylic acids is 1. The van der Waals surface area contributed by atoms with Crippen LogP contribution in [-0.4, -0.2) is 46.5 Å². The van der Waals surface area contributed by atoms with Crippen LogP contribution in [0.5, 0.6) is 0 Å². The Bertz CT molecular complexity index is 378. The standard InChI is InChI=1S/C11H16N2O4/c1-13(2)9-4-3-7(6-12-9)11(17)8(14)5-10(15)16/h3-4,6,8,11,14,17H,5H2,1-2H3,(H,15,16). The summed E-state index contributed by atoms with van der Waals surface area (Å²) < 4.78 is 0. The fourth-order valence-electron chi connectivity index (χ4n) is 1.35. The van der Waals surface area contributed by atoms with Gasteiger partial charge in [0.05, 0.1) is 12.5 Å². The zero-order valence-corrected chi connectivity index (χ0v) is 9.74. The summed E-state index contributed by atoms with van der Waals surface area (Å²) in [6.07, 6.45) is -1.66. The zero-order valence-electron chi connectivity index (χ0n) is 9.74. The molecule has 1 aromatic heterocycles. The lowest BCUT2D eigenvalue weighted by Crippen LogP contribution is -2.22. The number of aromatic nitrogens is 1. The van der Waals surface area contributed by atoms with Gasteiger partial charge in [0.25, 0.3) is 0 Å². The number of carboxylic acid groups (broad SMARTS) is 1. The Morgan fingerprint density at radius 1 is 1.41 bits per heavy atom. The molecule has 0 amide bonds. The van der Waals surface area contributed by atoms with Gasteiger partial charge >= 0.3 is 5.97 Å². The van der Waals surface area contributed by atoms with Gasteiger partial charge in [0.1, 0.15) is 11.9 Å². The third kappa shape index (κ3) is 3.69. The van der Waals surface area contributed by atoms with Gasteiger partial charge in [0, 0.05) is 25.9 Å². The Hall–Kier alpha value is -1.66. The molecule has 0 aliphatic heterocycles. The maximum absolute atomic E-state index is 10.4. The largest absolute Gasteiger partial charge is 0.481 e. The summed E-state index contributed by atoms with van der Waals surface area (Å²) in [6, 6.07) is 3.30. The van der Waals surface area contributed by atoms with Crippen molar-refractivity contribution in [3.05, 3.63) is 23.9 Å². The number of carbonyl (C=O) groups is 1. The highest BCUT2D eigenvalue weighted by atomic mass is 16.4. The third-order valence-corrected chi connectivity index (χ3v) is 2.32. The lowest BCUT2D eigenvalue weighted by atomic mass is 10.0. The van der Waals surface area contributed by atoms with Crippen LogP contribution < -0.4 is 4.90 Å². The number of aliphatic hydroxyl groups is 2. The van der Waals surface area contributed by atoms with Crippen LogP contribution in [0.4, 0.5) is 5.82 Å². The molecule has 1 rings (SSSR count). The predicted molar refractivity (Wildman–Crippen MR) is 61.8 cm³/mol. The van der Waals surface area contributed by atoms with Crippen LogP contribution in [0.15, 0.2) is 18.3 Å². The second-order valence-corrected chi connectivity index (χ2v) is 3.95. The molecule has 0 radical (unpaired) electrons. The summed E-state index contributed by atoms with van der Waals surface area (Å²) in [6.45, 7) is 0. The lowest BCUT2D eigenvalue weighted by molar-refractivity contribution is -0.141. The summed E-state index contributed by atoms with van der Waals surface area (Å²) in [4.78, 5) is 16.3. The summed E-state index contributed by atoms with van der Waals surface area (Å²) >= 11 is 0. The first-order valence-electron chi connectivity index (χ1n) is 5.13. The van der Waals surface area contributed by atoms with Gasteiger partial charge in [-0.1, -0.05) is 6.07 Å².